The molecule has 4 aromatic rings. The van der Waals surface area contributed by atoms with Crippen LogP contribution < -0.4 is 4.74 Å². The van der Waals surface area contributed by atoms with Gasteiger partial charge in [0.25, 0.3) is 0 Å². The lowest BCUT2D eigenvalue weighted by molar-refractivity contribution is -0.162. The maximum absolute atomic E-state index is 12.8. The summed E-state index contributed by atoms with van der Waals surface area (Å²) in [6.45, 7) is 3.76. The van der Waals surface area contributed by atoms with E-state index in [1.54, 1.807) is 6.07 Å². The molecule has 0 aliphatic heterocycles. The zero-order chi connectivity index (χ0) is 25.4. The first kappa shape index (κ1) is 24.8. The van der Waals surface area contributed by atoms with Crippen LogP contribution in [0.1, 0.15) is 28.1 Å². The van der Waals surface area contributed by atoms with Gasteiger partial charge in [-0.15, -0.1) is 0 Å². The molecule has 1 unspecified atom stereocenters. The van der Waals surface area contributed by atoms with Crippen LogP contribution >= 0.6 is 0 Å². The number of nitrogens with zero attached hydrogens (tertiary/aromatic N) is 2. The van der Waals surface area contributed by atoms with Gasteiger partial charge in [-0.25, -0.2) is 14.8 Å². The Hall–Kier alpha value is -4.29. The van der Waals surface area contributed by atoms with Crippen molar-refractivity contribution < 1.29 is 19.4 Å². The smallest absolute Gasteiger partial charge is 0.348 e. The molecule has 1 heterocycles. The van der Waals surface area contributed by atoms with Gasteiger partial charge < -0.3 is 14.6 Å². The van der Waals surface area contributed by atoms with Crippen molar-refractivity contribution in [3.63, 3.8) is 0 Å². The number of hydrogen-bond donors (Lipinski definition) is 1. The lowest BCUT2D eigenvalue weighted by Crippen LogP contribution is -2.51. The van der Waals surface area contributed by atoms with Crippen LogP contribution in [0.15, 0.2) is 103 Å². The summed E-state index contributed by atoms with van der Waals surface area (Å²) in [6, 6.07) is 30.1. The number of carboxylic acid groups (broad SMARTS) is 1. The first-order valence-corrected chi connectivity index (χ1v) is 11.7. The lowest BCUT2D eigenvalue weighted by Gasteiger charge is -2.38. The molecule has 6 heteroatoms. The minimum atomic E-state index is -1.49. The van der Waals surface area contributed by atoms with E-state index in [0.717, 1.165) is 5.56 Å². The predicted molar refractivity (Wildman–Crippen MR) is 139 cm³/mol. The molecule has 1 N–H and O–H groups in total. The molecule has 0 fully saturated rings. The number of rotatable bonds is 10. The van der Waals surface area contributed by atoms with E-state index in [4.69, 9.17) is 9.47 Å². The van der Waals surface area contributed by atoms with Gasteiger partial charge in [0.1, 0.15) is 0 Å². The quantitative estimate of drug-likeness (QED) is 0.318. The summed E-state index contributed by atoms with van der Waals surface area (Å²) in [7, 11) is 0. The Kier molecular flexibility index (Phi) is 7.88. The molecule has 1 aromatic heterocycles. The number of aromatic nitrogens is 2. The van der Waals surface area contributed by atoms with Crippen LogP contribution in [0.4, 0.5) is 0 Å². The molecule has 182 valence electrons. The zero-order valence-electron chi connectivity index (χ0n) is 20.2. The maximum atomic E-state index is 12.8. The largest absolute Gasteiger partial charge is 0.478 e. The predicted octanol–water partition coefficient (Wildman–Crippen LogP) is 5.60. The number of ether oxygens (including phenoxy) is 2. The molecule has 0 aliphatic rings. The van der Waals surface area contributed by atoms with Crippen molar-refractivity contribution in [3.8, 4) is 6.01 Å². The summed E-state index contributed by atoms with van der Waals surface area (Å²) >= 11 is 0. The van der Waals surface area contributed by atoms with Gasteiger partial charge in [0.15, 0.2) is 5.60 Å². The van der Waals surface area contributed by atoms with Crippen LogP contribution in [-0.4, -0.2) is 33.8 Å². The fourth-order valence-corrected chi connectivity index (χ4v) is 4.17. The molecule has 3 aromatic carbocycles. The summed E-state index contributed by atoms with van der Waals surface area (Å²) in [5.41, 5.74) is 2.16. The van der Waals surface area contributed by atoms with Crippen molar-refractivity contribution >= 4 is 12.0 Å². The molecular formula is C30H28N2O4. The van der Waals surface area contributed by atoms with Crippen LogP contribution in [-0.2, 0) is 15.1 Å². The molecular weight excluding hydrogens is 452 g/mol. The van der Waals surface area contributed by atoms with Crippen molar-refractivity contribution in [1.29, 1.82) is 0 Å². The summed E-state index contributed by atoms with van der Waals surface area (Å²) in [4.78, 5) is 21.5. The third-order valence-electron chi connectivity index (χ3n) is 5.70. The van der Waals surface area contributed by atoms with Gasteiger partial charge >= 0.3 is 12.0 Å². The number of benzene rings is 3. The van der Waals surface area contributed by atoms with E-state index in [-0.39, 0.29) is 12.6 Å². The van der Waals surface area contributed by atoms with Gasteiger partial charge in [0.2, 0.25) is 6.10 Å². The molecule has 1 atom stereocenters. The maximum Gasteiger partial charge on any atom is 0.348 e. The van der Waals surface area contributed by atoms with E-state index < -0.39 is 17.7 Å². The summed E-state index contributed by atoms with van der Waals surface area (Å²) < 4.78 is 12.6. The second-order valence-corrected chi connectivity index (χ2v) is 8.36. The summed E-state index contributed by atoms with van der Waals surface area (Å²) in [5.74, 6) is -1.20. The van der Waals surface area contributed by atoms with Gasteiger partial charge in [-0.3, -0.25) is 0 Å². The highest BCUT2D eigenvalue weighted by atomic mass is 16.6. The third kappa shape index (κ3) is 5.67. The monoisotopic (exact) mass is 480 g/mol. The minimum Gasteiger partial charge on any atom is -0.478 e. The Labute approximate surface area is 210 Å². The molecule has 0 radical (unpaired) electrons. The van der Waals surface area contributed by atoms with Crippen molar-refractivity contribution in [3.05, 3.63) is 131 Å². The van der Waals surface area contributed by atoms with E-state index >= 15 is 0 Å². The van der Waals surface area contributed by atoms with Crippen LogP contribution in [0.3, 0.4) is 0 Å². The first-order chi connectivity index (χ1) is 17.5. The molecule has 0 bridgehead atoms. The minimum absolute atomic E-state index is 0.0143. The van der Waals surface area contributed by atoms with Crippen molar-refractivity contribution in [1.82, 2.24) is 9.97 Å². The van der Waals surface area contributed by atoms with E-state index in [1.807, 2.05) is 117 Å². The third-order valence-corrected chi connectivity index (χ3v) is 5.70. The lowest BCUT2D eigenvalue weighted by atomic mass is 9.81. The van der Waals surface area contributed by atoms with Gasteiger partial charge in [0.05, 0.1) is 6.61 Å². The van der Waals surface area contributed by atoms with Gasteiger partial charge in [-0.2, -0.15) is 0 Å². The van der Waals surface area contributed by atoms with Gasteiger partial charge in [0, 0.05) is 11.4 Å². The second-order valence-electron chi connectivity index (χ2n) is 8.36. The molecule has 36 heavy (non-hydrogen) atoms. The average Bonchev–Trinajstić information content (AvgIpc) is 2.89. The molecule has 0 spiro atoms. The first-order valence-electron chi connectivity index (χ1n) is 11.7. The molecule has 0 saturated heterocycles. The van der Waals surface area contributed by atoms with Gasteiger partial charge in [-0.05, 0) is 36.6 Å². The topological polar surface area (TPSA) is 81.5 Å². The highest BCUT2D eigenvalue weighted by molar-refractivity contribution is 5.76. The Morgan fingerprint density at radius 3 is 1.86 bits per heavy atom. The van der Waals surface area contributed by atoms with E-state index in [0.29, 0.717) is 22.5 Å². The number of aliphatic carboxylic acids is 1. The SMILES string of the molecule is Cc1cc(C)nc(OC(C(=O)O)C(OC/C=C/c2ccccc2)(c2ccccc2)c2ccccc2)n1. The molecule has 0 amide bonds. The average molecular weight is 481 g/mol. The number of carboxylic acids is 1. The van der Waals surface area contributed by atoms with E-state index in [1.165, 1.54) is 0 Å². The van der Waals surface area contributed by atoms with Crippen molar-refractivity contribution in [2.75, 3.05) is 6.61 Å². The van der Waals surface area contributed by atoms with Crippen LogP contribution in [0, 0.1) is 13.8 Å². The molecule has 6 nitrogen and oxygen atoms in total. The number of carbonyl (C=O) groups is 1. The highest BCUT2D eigenvalue weighted by Crippen LogP contribution is 2.39. The Bertz CT molecular complexity index is 1250. The fourth-order valence-electron chi connectivity index (χ4n) is 4.17. The van der Waals surface area contributed by atoms with Crippen molar-refractivity contribution in [2.45, 2.75) is 25.6 Å². The number of hydrogen-bond acceptors (Lipinski definition) is 5. The van der Waals surface area contributed by atoms with Crippen molar-refractivity contribution in [2.24, 2.45) is 0 Å². The Morgan fingerprint density at radius 1 is 0.861 bits per heavy atom. The van der Waals surface area contributed by atoms with E-state index in [2.05, 4.69) is 9.97 Å². The van der Waals surface area contributed by atoms with Gasteiger partial charge in [-0.1, -0.05) is 103 Å². The zero-order valence-corrected chi connectivity index (χ0v) is 20.2. The summed E-state index contributed by atoms with van der Waals surface area (Å²) in [6.07, 6.45) is 2.32. The fraction of sp³-hybridized carbons (Fsp3) is 0.167. The summed E-state index contributed by atoms with van der Waals surface area (Å²) in [5, 5.41) is 10.5. The Balaban J connectivity index is 1.82. The van der Waals surface area contributed by atoms with Crippen LogP contribution in [0.5, 0.6) is 6.01 Å². The molecule has 4 rings (SSSR count). The Morgan fingerprint density at radius 2 is 1.36 bits per heavy atom. The normalized spacial score (nSPS) is 12.4. The standard InChI is InChI=1S/C30H28N2O4/c1-22-21-23(2)32-29(31-22)36-27(28(33)34)30(25-16-8-4-9-17-25,26-18-10-5-11-19-26)35-20-12-15-24-13-6-3-7-14-24/h3-19,21,27H,20H2,1-2H3,(H,33,34)/b15-12+. The van der Waals surface area contributed by atoms with E-state index in [9.17, 15) is 9.90 Å². The highest BCUT2D eigenvalue weighted by Gasteiger charge is 2.50. The van der Waals surface area contributed by atoms with Crippen LogP contribution in [0.25, 0.3) is 6.08 Å². The van der Waals surface area contributed by atoms with Crippen LogP contribution in [0.2, 0.25) is 0 Å². The second kappa shape index (κ2) is 11.4. The number of aryl methyl sites for hydroxylation is 2. The molecule has 0 saturated carbocycles. The molecule has 0 aliphatic carbocycles.